The number of morpholine rings is 1. The molecule has 3 rings (SSSR count). The normalized spacial score (nSPS) is 14.5. The minimum absolute atomic E-state index is 0.0490. The van der Waals surface area contributed by atoms with Crippen LogP contribution in [0.15, 0.2) is 36.4 Å². The second-order valence-corrected chi connectivity index (χ2v) is 6.13. The molecule has 24 heavy (non-hydrogen) atoms. The standard InChI is InChI=1S/C17H15Cl2FN2O2/c18-12-5-4-11(22-6-8-24-9-7-22)10-15(12)21-17(23)16-13(19)2-1-3-14(16)20/h1-5,10H,6-9H2,(H,21,23). The van der Waals surface area contributed by atoms with Gasteiger partial charge in [0.2, 0.25) is 0 Å². The molecule has 1 saturated heterocycles. The number of carbonyl (C=O) groups is 1. The maximum absolute atomic E-state index is 13.9. The summed E-state index contributed by atoms with van der Waals surface area (Å²) in [7, 11) is 0. The molecule has 0 radical (unpaired) electrons. The van der Waals surface area contributed by atoms with Gasteiger partial charge in [-0.2, -0.15) is 0 Å². The number of nitrogens with zero attached hydrogens (tertiary/aromatic N) is 1. The first-order valence-corrected chi connectivity index (χ1v) is 8.19. The Bertz CT molecular complexity index is 744. The Balaban J connectivity index is 1.85. The molecule has 1 heterocycles. The third-order valence-corrected chi connectivity index (χ3v) is 4.41. The topological polar surface area (TPSA) is 41.6 Å². The summed E-state index contributed by atoms with van der Waals surface area (Å²) in [5, 5.41) is 3.05. The second-order valence-electron chi connectivity index (χ2n) is 5.31. The molecule has 1 N–H and O–H groups in total. The number of rotatable bonds is 3. The summed E-state index contributed by atoms with van der Waals surface area (Å²) in [6, 6.07) is 9.43. The van der Waals surface area contributed by atoms with Crippen LogP contribution < -0.4 is 10.2 Å². The van der Waals surface area contributed by atoms with Crippen LogP contribution in [0.5, 0.6) is 0 Å². The molecule has 0 bridgehead atoms. The maximum atomic E-state index is 13.9. The van der Waals surface area contributed by atoms with Gasteiger partial charge in [0.15, 0.2) is 0 Å². The summed E-state index contributed by atoms with van der Waals surface area (Å²) in [5.41, 5.74) is 1.12. The number of hydrogen-bond donors (Lipinski definition) is 1. The van der Waals surface area contributed by atoms with Crippen molar-refractivity contribution in [3.8, 4) is 0 Å². The Morgan fingerprint density at radius 1 is 1.12 bits per heavy atom. The van der Waals surface area contributed by atoms with Gasteiger partial charge in [-0.3, -0.25) is 4.79 Å². The smallest absolute Gasteiger partial charge is 0.260 e. The molecule has 1 fully saturated rings. The molecule has 7 heteroatoms. The molecule has 0 atom stereocenters. The van der Waals surface area contributed by atoms with Gasteiger partial charge in [-0.25, -0.2) is 4.39 Å². The second kappa shape index (κ2) is 7.38. The van der Waals surface area contributed by atoms with E-state index in [-0.39, 0.29) is 10.6 Å². The molecule has 1 amide bonds. The van der Waals surface area contributed by atoms with Gasteiger partial charge in [0.1, 0.15) is 5.82 Å². The Kier molecular flexibility index (Phi) is 5.23. The van der Waals surface area contributed by atoms with Crippen LogP contribution in [0, 0.1) is 5.82 Å². The molecule has 0 unspecified atom stereocenters. The minimum Gasteiger partial charge on any atom is -0.378 e. The predicted molar refractivity (Wildman–Crippen MR) is 93.8 cm³/mol. The van der Waals surface area contributed by atoms with Gasteiger partial charge in [0.05, 0.1) is 34.5 Å². The zero-order valence-corrected chi connectivity index (χ0v) is 14.2. The van der Waals surface area contributed by atoms with Crippen molar-refractivity contribution < 1.29 is 13.9 Å². The van der Waals surface area contributed by atoms with E-state index >= 15 is 0 Å². The quantitative estimate of drug-likeness (QED) is 0.881. The number of nitrogens with one attached hydrogen (secondary N) is 1. The van der Waals surface area contributed by atoms with Crippen molar-refractivity contribution in [2.24, 2.45) is 0 Å². The van der Waals surface area contributed by atoms with Crippen LogP contribution in [0.3, 0.4) is 0 Å². The minimum atomic E-state index is -0.680. The van der Waals surface area contributed by atoms with Crippen molar-refractivity contribution >= 4 is 40.5 Å². The summed E-state index contributed by atoms with van der Waals surface area (Å²) in [5.74, 6) is -1.32. The van der Waals surface area contributed by atoms with E-state index in [9.17, 15) is 9.18 Å². The summed E-state index contributed by atoms with van der Waals surface area (Å²) in [4.78, 5) is 14.5. The van der Waals surface area contributed by atoms with Crippen LogP contribution in [0.2, 0.25) is 10.0 Å². The molecule has 1 aliphatic heterocycles. The fourth-order valence-corrected chi connectivity index (χ4v) is 2.94. The molecular formula is C17H15Cl2FN2O2. The summed E-state index contributed by atoms with van der Waals surface area (Å²) in [6.45, 7) is 2.81. The molecule has 126 valence electrons. The fraction of sp³-hybridized carbons (Fsp3) is 0.235. The van der Waals surface area contributed by atoms with Crippen LogP contribution in [-0.4, -0.2) is 32.2 Å². The van der Waals surface area contributed by atoms with Gasteiger partial charge in [0, 0.05) is 18.8 Å². The third kappa shape index (κ3) is 3.64. The Labute approximate surface area is 149 Å². The monoisotopic (exact) mass is 368 g/mol. The molecular weight excluding hydrogens is 354 g/mol. The van der Waals surface area contributed by atoms with E-state index in [4.69, 9.17) is 27.9 Å². The Morgan fingerprint density at radius 3 is 2.58 bits per heavy atom. The Morgan fingerprint density at radius 2 is 1.88 bits per heavy atom. The van der Waals surface area contributed by atoms with E-state index in [2.05, 4.69) is 10.2 Å². The number of carbonyl (C=O) groups excluding carboxylic acids is 1. The lowest BCUT2D eigenvalue weighted by molar-refractivity contribution is 0.102. The summed E-state index contributed by atoms with van der Waals surface area (Å²) in [6.07, 6.45) is 0. The van der Waals surface area contributed by atoms with Crippen LogP contribution >= 0.6 is 23.2 Å². The average Bonchev–Trinajstić information content (AvgIpc) is 2.57. The van der Waals surface area contributed by atoms with E-state index in [0.29, 0.717) is 23.9 Å². The highest BCUT2D eigenvalue weighted by Crippen LogP contribution is 2.29. The number of halogens is 3. The van der Waals surface area contributed by atoms with Crippen LogP contribution in [0.4, 0.5) is 15.8 Å². The van der Waals surface area contributed by atoms with Crippen molar-refractivity contribution in [3.63, 3.8) is 0 Å². The first kappa shape index (κ1) is 17.0. The highest BCUT2D eigenvalue weighted by Gasteiger charge is 2.18. The summed E-state index contributed by atoms with van der Waals surface area (Å²) >= 11 is 12.1. The van der Waals surface area contributed by atoms with Gasteiger partial charge in [-0.15, -0.1) is 0 Å². The molecule has 0 aliphatic carbocycles. The van der Waals surface area contributed by atoms with Gasteiger partial charge < -0.3 is 15.0 Å². The van der Waals surface area contributed by atoms with E-state index in [1.54, 1.807) is 12.1 Å². The van der Waals surface area contributed by atoms with E-state index < -0.39 is 11.7 Å². The van der Waals surface area contributed by atoms with Crippen molar-refractivity contribution in [2.75, 3.05) is 36.5 Å². The maximum Gasteiger partial charge on any atom is 0.260 e. The molecule has 0 saturated carbocycles. The number of ether oxygens (including phenoxy) is 1. The highest BCUT2D eigenvalue weighted by atomic mass is 35.5. The predicted octanol–water partition coefficient (Wildman–Crippen LogP) is 4.22. The van der Waals surface area contributed by atoms with Gasteiger partial charge in [0.25, 0.3) is 5.91 Å². The third-order valence-electron chi connectivity index (χ3n) is 3.76. The van der Waals surface area contributed by atoms with Gasteiger partial charge in [-0.1, -0.05) is 29.3 Å². The number of benzene rings is 2. The van der Waals surface area contributed by atoms with E-state index in [0.717, 1.165) is 18.8 Å². The average molecular weight is 369 g/mol. The van der Waals surface area contributed by atoms with Gasteiger partial charge >= 0.3 is 0 Å². The highest BCUT2D eigenvalue weighted by molar-refractivity contribution is 6.36. The van der Waals surface area contributed by atoms with Crippen molar-refractivity contribution in [2.45, 2.75) is 0 Å². The molecule has 4 nitrogen and oxygen atoms in total. The molecule has 1 aliphatic rings. The zero-order chi connectivity index (χ0) is 17.1. The van der Waals surface area contributed by atoms with E-state index in [1.165, 1.54) is 18.2 Å². The lowest BCUT2D eigenvalue weighted by atomic mass is 10.2. The molecule has 2 aromatic carbocycles. The Hall–Kier alpha value is -1.82. The first-order chi connectivity index (χ1) is 11.6. The van der Waals surface area contributed by atoms with Crippen LogP contribution in [-0.2, 0) is 4.74 Å². The largest absolute Gasteiger partial charge is 0.378 e. The van der Waals surface area contributed by atoms with E-state index in [1.807, 2.05) is 6.07 Å². The van der Waals surface area contributed by atoms with Crippen LogP contribution in [0.25, 0.3) is 0 Å². The zero-order valence-electron chi connectivity index (χ0n) is 12.7. The van der Waals surface area contributed by atoms with Crippen molar-refractivity contribution in [1.29, 1.82) is 0 Å². The fourth-order valence-electron chi connectivity index (χ4n) is 2.53. The number of hydrogen-bond acceptors (Lipinski definition) is 3. The number of anilines is 2. The molecule has 0 aromatic heterocycles. The van der Waals surface area contributed by atoms with Crippen LogP contribution in [0.1, 0.15) is 10.4 Å². The molecule has 0 spiro atoms. The number of amides is 1. The van der Waals surface area contributed by atoms with Crippen molar-refractivity contribution in [3.05, 3.63) is 57.8 Å². The summed E-state index contributed by atoms with van der Waals surface area (Å²) < 4.78 is 19.2. The first-order valence-electron chi connectivity index (χ1n) is 7.44. The van der Waals surface area contributed by atoms with Gasteiger partial charge in [-0.05, 0) is 30.3 Å². The lowest BCUT2D eigenvalue weighted by Gasteiger charge is -2.29. The lowest BCUT2D eigenvalue weighted by Crippen LogP contribution is -2.36. The molecule has 2 aromatic rings. The van der Waals surface area contributed by atoms with Crippen molar-refractivity contribution in [1.82, 2.24) is 0 Å². The SMILES string of the molecule is O=C(Nc1cc(N2CCOCC2)ccc1Cl)c1c(F)cccc1Cl.